The van der Waals surface area contributed by atoms with Crippen molar-refractivity contribution in [2.75, 3.05) is 6.54 Å². The van der Waals surface area contributed by atoms with Crippen LogP contribution in [0.25, 0.3) is 0 Å². The Morgan fingerprint density at radius 1 is 0.865 bits per heavy atom. The van der Waals surface area contributed by atoms with Crippen LogP contribution in [0, 0.1) is 23.2 Å². The Labute approximate surface area is 216 Å². The van der Waals surface area contributed by atoms with Crippen molar-refractivity contribution in [1.29, 1.82) is 5.26 Å². The van der Waals surface area contributed by atoms with Crippen LogP contribution in [0.4, 0.5) is 26.3 Å². The maximum absolute atomic E-state index is 13.4. The molecule has 0 spiro atoms. The molecule has 37 heavy (non-hydrogen) atoms. The first-order valence-corrected chi connectivity index (χ1v) is 12.7. The third-order valence-corrected chi connectivity index (χ3v) is 7.01. The number of rotatable bonds is 8. The molecule has 0 amide bonds. The lowest BCUT2D eigenvalue weighted by Gasteiger charge is -2.38. The maximum atomic E-state index is 13.4. The van der Waals surface area contributed by atoms with Crippen LogP contribution in [0.3, 0.4) is 0 Å². The smallest absolute Gasteiger partial charge is 0.297 e. The van der Waals surface area contributed by atoms with Crippen LogP contribution in [-0.4, -0.2) is 29.8 Å². The number of aryl methyl sites for hydroxylation is 1. The van der Waals surface area contributed by atoms with E-state index in [-0.39, 0.29) is 6.42 Å². The van der Waals surface area contributed by atoms with Gasteiger partial charge in [0.1, 0.15) is 0 Å². The van der Waals surface area contributed by atoms with E-state index >= 15 is 0 Å². The summed E-state index contributed by atoms with van der Waals surface area (Å²) in [6, 6.07) is 19.8. The molecule has 0 saturated heterocycles. The predicted octanol–water partition coefficient (Wildman–Crippen LogP) is 8.68. The topological polar surface area (TPSA) is 27.0 Å². The van der Waals surface area contributed by atoms with E-state index in [4.69, 9.17) is 5.26 Å². The Bertz CT molecular complexity index is 961. The number of halogens is 6. The van der Waals surface area contributed by atoms with Gasteiger partial charge in [0.25, 0.3) is 0 Å². The van der Waals surface area contributed by atoms with Crippen molar-refractivity contribution in [3.8, 4) is 6.07 Å². The van der Waals surface area contributed by atoms with Crippen LogP contribution in [0.15, 0.2) is 54.6 Å². The number of nitriles is 1. The summed E-state index contributed by atoms with van der Waals surface area (Å²) in [5.74, 6) is -5.14. The fourth-order valence-corrected chi connectivity index (χ4v) is 5.01. The molecular weight excluding hydrogens is 490 g/mol. The molecule has 0 heterocycles. The van der Waals surface area contributed by atoms with E-state index in [0.717, 1.165) is 31.5 Å². The molecule has 0 aromatic heterocycles. The molecule has 2 nitrogen and oxygen atoms in total. The molecule has 3 unspecified atom stereocenters. The number of alkyl halides is 6. The van der Waals surface area contributed by atoms with Crippen molar-refractivity contribution in [3.63, 3.8) is 0 Å². The Morgan fingerprint density at radius 3 is 1.95 bits per heavy atom. The maximum Gasteiger partial charge on any atom is 0.392 e. The molecular formula is C29H36F6N2. The molecule has 1 aliphatic carbocycles. The Morgan fingerprint density at radius 2 is 1.43 bits per heavy atom. The number of nitrogens with zero attached hydrogens (tertiary/aromatic N) is 2. The number of hydrogen-bond acceptors (Lipinski definition) is 2. The summed E-state index contributed by atoms with van der Waals surface area (Å²) in [7, 11) is 0. The fourth-order valence-electron chi connectivity index (χ4n) is 5.01. The molecule has 8 heteroatoms. The third kappa shape index (κ3) is 9.70. The van der Waals surface area contributed by atoms with Crippen molar-refractivity contribution in [2.45, 2.75) is 83.7 Å². The zero-order valence-electron chi connectivity index (χ0n) is 21.6. The Kier molecular flexibility index (Phi) is 11.5. The van der Waals surface area contributed by atoms with Gasteiger partial charge < -0.3 is 0 Å². The lowest BCUT2D eigenvalue weighted by Crippen LogP contribution is -2.42. The van der Waals surface area contributed by atoms with E-state index in [9.17, 15) is 26.3 Å². The second-order valence-electron chi connectivity index (χ2n) is 9.92. The van der Waals surface area contributed by atoms with Gasteiger partial charge in [-0.15, -0.1) is 0 Å². The zero-order valence-corrected chi connectivity index (χ0v) is 21.6. The molecule has 0 N–H and O–H groups in total. The molecule has 0 radical (unpaired) electrons. The average Bonchev–Trinajstić information content (AvgIpc) is 2.83. The van der Waals surface area contributed by atoms with Gasteiger partial charge in [-0.3, -0.25) is 4.90 Å². The molecule has 3 atom stereocenters. The second-order valence-corrected chi connectivity index (χ2v) is 9.92. The molecule has 0 bridgehead atoms. The van der Waals surface area contributed by atoms with Crippen LogP contribution in [0.5, 0.6) is 0 Å². The van der Waals surface area contributed by atoms with Gasteiger partial charge >= 0.3 is 12.4 Å². The predicted molar refractivity (Wildman–Crippen MR) is 134 cm³/mol. The highest BCUT2D eigenvalue weighted by Gasteiger charge is 2.56. The summed E-state index contributed by atoms with van der Waals surface area (Å²) in [5.41, 5.74) is 3.05. The van der Waals surface area contributed by atoms with E-state index in [1.807, 2.05) is 30.3 Å². The zero-order chi connectivity index (χ0) is 27.6. The largest absolute Gasteiger partial charge is 0.392 e. The summed E-state index contributed by atoms with van der Waals surface area (Å²) in [6.07, 6.45) is -8.75. The summed E-state index contributed by atoms with van der Waals surface area (Å²) >= 11 is 0. The van der Waals surface area contributed by atoms with Crippen LogP contribution in [0.1, 0.15) is 69.1 Å². The van der Waals surface area contributed by atoms with Crippen molar-refractivity contribution in [3.05, 3.63) is 71.3 Å². The Hall–Kier alpha value is -2.53. The van der Waals surface area contributed by atoms with E-state index in [1.165, 1.54) is 12.5 Å². The number of hydrogen-bond donors (Lipinski definition) is 0. The van der Waals surface area contributed by atoms with Crippen molar-refractivity contribution in [2.24, 2.45) is 11.8 Å². The fraction of sp³-hybridized carbons (Fsp3) is 0.552. The van der Waals surface area contributed by atoms with Crippen molar-refractivity contribution < 1.29 is 26.3 Å². The van der Waals surface area contributed by atoms with Gasteiger partial charge in [0.15, 0.2) is 0 Å². The van der Waals surface area contributed by atoms with E-state index in [0.29, 0.717) is 11.6 Å². The van der Waals surface area contributed by atoms with Gasteiger partial charge in [-0.1, -0.05) is 54.6 Å². The van der Waals surface area contributed by atoms with Crippen molar-refractivity contribution in [1.82, 2.24) is 4.90 Å². The standard InChI is InChI=1S/C27H33F6N.C2H3N/c1-19(2)34(18-21-7-4-3-5-8-21)16-6-9-20-10-12-22(13-11-20)23-14-15-24(26(28,29)30)25(17-23)27(31,32)33;1-2-3/h3-5,7-8,10-13,19,23-25H,6,9,14-18H2,1-2H3;1H3. The minimum Gasteiger partial charge on any atom is -0.297 e. The van der Waals surface area contributed by atoms with Gasteiger partial charge in [-0.2, -0.15) is 31.6 Å². The molecule has 1 fully saturated rings. The molecule has 1 saturated carbocycles. The van der Waals surface area contributed by atoms with Gasteiger partial charge in [0.2, 0.25) is 0 Å². The molecule has 1 aliphatic rings. The molecule has 2 aromatic rings. The highest BCUT2D eigenvalue weighted by atomic mass is 19.4. The summed E-state index contributed by atoms with van der Waals surface area (Å²) < 4.78 is 79.6. The van der Waals surface area contributed by atoms with E-state index < -0.39 is 42.9 Å². The Balaban J connectivity index is 0.00000153. The van der Waals surface area contributed by atoms with Gasteiger partial charge in [0.05, 0.1) is 17.9 Å². The monoisotopic (exact) mass is 526 g/mol. The minimum atomic E-state index is -4.85. The van der Waals surface area contributed by atoms with Crippen molar-refractivity contribution >= 4 is 0 Å². The van der Waals surface area contributed by atoms with E-state index in [2.05, 4.69) is 30.9 Å². The first-order valence-electron chi connectivity index (χ1n) is 12.7. The quantitative estimate of drug-likeness (QED) is 0.322. The first-order chi connectivity index (χ1) is 17.4. The first kappa shape index (κ1) is 30.7. The minimum absolute atomic E-state index is 0.124. The van der Waals surface area contributed by atoms with Crippen LogP contribution in [0.2, 0.25) is 0 Å². The molecule has 0 aliphatic heterocycles. The lowest BCUT2D eigenvalue weighted by atomic mass is 9.71. The highest BCUT2D eigenvalue weighted by molar-refractivity contribution is 5.26. The summed E-state index contributed by atoms with van der Waals surface area (Å²) in [5, 5.41) is 7.32. The number of benzene rings is 2. The van der Waals surface area contributed by atoms with Crippen LogP contribution >= 0.6 is 0 Å². The SMILES string of the molecule is CC#N.CC(C)N(CCCc1ccc(C2CCC(C(F)(F)F)C(C(F)(F)F)C2)cc1)Cc1ccccc1. The lowest BCUT2D eigenvalue weighted by molar-refractivity contribution is -0.263. The summed E-state index contributed by atoms with van der Waals surface area (Å²) in [4.78, 5) is 2.40. The third-order valence-electron chi connectivity index (χ3n) is 7.01. The highest BCUT2D eigenvalue weighted by Crippen LogP contribution is 2.52. The van der Waals surface area contributed by atoms with Crippen LogP contribution < -0.4 is 0 Å². The van der Waals surface area contributed by atoms with E-state index in [1.54, 1.807) is 18.2 Å². The van der Waals surface area contributed by atoms with Gasteiger partial charge in [-0.25, -0.2) is 0 Å². The second kappa shape index (κ2) is 13.9. The molecule has 3 rings (SSSR count). The van der Waals surface area contributed by atoms with Crippen LogP contribution in [-0.2, 0) is 13.0 Å². The normalized spacial score (nSPS) is 20.3. The average molecular weight is 527 g/mol. The molecule has 204 valence electrons. The summed E-state index contributed by atoms with van der Waals surface area (Å²) in [6.45, 7) is 7.56. The van der Waals surface area contributed by atoms with Gasteiger partial charge in [-0.05, 0) is 75.1 Å². The van der Waals surface area contributed by atoms with Gasteiger partial charge in [0, 0.05) is 19.5 Å². The molecule has 2 aromatic carbocycles.